The van der Waals surface area contributed by atoms with Crippen LogP contribution in [0.5, 0.6) is 0 Å². The van der Waals surface area contributed by atoms with E-state index in [1.54, 1.807) is 4.90 Å². The van der Waals surface area contributed by atoms with Crippen LogP contribution in [-0.2, 0) is 14.3 Å². The number of rotatable bonds is 6. The van der Waals surface area contributed by atoms with Crippen LogP contribution in [0.15, 0.2) is 0 Å². The Morgan fingerprint density at radius 3 is 2.34 bits per heavy atom. The fraction of sp³-hybridized carbons (Fsp3) is 0.857. The van der Waals surface area contributed by atoms with Gasteiger partial charge in [0.15, 0.2) is 0 Å². The van der Waals surface area contributed by atoms with Crippen LogP contribution in [0.1, 0.15) is 53.4 Å². The van der Waals surface area contributed by atoms with E-state index in [4.69, 9.17) is 4.74 Å². The van der Waals surface area contributed by atoms with Crippen molar-refractivity contribution in [3.05, 3.63) is 0 Å². The summed E-state index contributed by atoms with van der Waals surface area (Å²) in [5.41, 5.74) is -0.478. The minimum Gasteiger partial charge on any atom is -0.444 e. The van der Waals surface area contributed by atoms with Gasteiger partial charge in [-0.15, -0.1) is 0 Å². The third-order valence-electron chi connectivity index (χ3n) is 5.36. The smallest absolute Gasteiger partial charge is 0.410 e. The van der Waals surface area contributed by atoms with Crippen LogP contribution < -0.4 is 5.32 Å². The van der Waals surface area contributed by atoms with Gasteiger partial charge in [0, 0.05) is 58.8 Å². The number of ether oxygens (including phenoxy) is 1. The highest BCUT2D eigenvalue weighted by Gasteiger charge is 2.28. The summed E-state index contributed by atoms with van der Waals surface area (Å²) in [4.78, 5) is 42.5. The number of amides is 3. The molecule has 2 rings (SSSR count). The minimum atomic E-state index is -0.478. The predicted octanol–water partition coefficient (Wildman–Crippen LogP) is 1.69. The summed E-state index contributed by atoms with van der Waals surface area (Å²) in [7, 11) is 0. The molecular weight excluding hydrogens is 372 g/mol. The number of piperazine rings is 1. The molecule has 3 amide bonds. The average Bonchev–Trinajstić information content (AvgIpc) is 2.67. The minimum absolute atomic E-state index is 0.0476. The van der Waals surface area contributed by atoms with Crippen LogP contribution in [-0.4, -0.2) is 90.6 Å². The molecule has 8 heteroatoms. The summed E-state index contributed by atoms with van der Waals surface area (Å²) in [6, 6.07) is 0. The van der Waals surface area contributed by atoms with Crippen molar-refractivity contribution in [3.63, 3.8) is 0 Å². The van der Waals surface area contributed by atoms with Crippen molar-refractivity contribution in [3.8, 4) is 0 Å². The first-order valence-corrected chi connectivity index (χ1v) is 11.0. The first kappa shape index (κ1) is 23.4. The molecule has 2 saturated heterocycles. The zero-order valence-corrected chi connectivity index (χ0v) is 18.5. The van der Waals surface area contributed by atoms with E-state index in [1.807, 2.05) is 32.6 Å². The normalized spacial score (nSPS) is 21.0. The molecule has 29 heavy (non-hydrogen) atoms. The molecule has 0 aliphatic carbocycles. The maximum Gasteiger partial charge on any atom is 0.410 e. The van der Waals surface area contributed by atoms with E-state index in [2.05, 4.69) is 10.2 Å². The zero-order valence-electron chi connectivity index (χ0n) is 18.5. The SMILES string of the molecule is CCCC(=O)N1CCCC(C(=O)NCCN2CCN(C(=O)OC(C)(C)C)CC2)C1. The fourth-order valence-corrected chi connectivity index (χ4v) is 3.75. The number of hydrogen-bond acceptors (Lipinski definition) is 5. The largest absolute Gasteiger partial charge is 0.444 e. The second kappa shape index (κ2) is 10.8. The van der Waals surface area contributed by atoms with E-state index in [0.29, 0.717) is 32.6 Å². The van der Waals surface area contributed by atoms with E-state index >= 15 is 0 Å². The molecule has 0 saturated carbocycles. The van der Waals surface area contributed by atoms with Crippen molar-refractivity contribution in [2.45, 2.75) is 59.0 Å². The van der Waals surface area contributed by atoms with E-state index in [1.165, 1.54) is 0 Å². The second-order valence-electron chi connectivity index (χ2n) is 9.03. The summed E-state index contributed by atoms with van der Waals surface area (Å²) < 4.78 is 5.42. The molecule has 2 aliphatic rings. The lowest BCUT2D eigenvalue weighted by Crippen LogP contribution is -2.51. The third-order valence-corrected chi connectivity index (χ3v) is 5.36. The highest BCUT2D eigenvalue weighted by Crippen LogP contribution is 2.18. The maximum atomic E-state index is 12.5. The Hall–Kier alpha value is -1.83. The molecule has 0 spiro atoms. The molecule has 0 radical (unpaired) electrons. The Kier molecular flexibility index (Phi) is 8.74. The number of nitrogens with one attached hydrogen (secondary N) is 1. The number of hydrogen-bond donors (Lipinski definition) is 1. The monoisotopic (exact) mass is 410 g/mol. The maximum absolute atomic E-state index is 12.5. The third kappa shape index (κ3) is 7.84. The number of piperidine rings is 1. The standard InChI is InChI=1S/C21H38N4O4/c1-5-7-18(26)25-10-6-8-17(16-25)19(27)22-9-11-23-12-14-24(15-13-23)20(28)29-21(2,3)4/h17H,5-16H2,1-4H3,(H,22,27). The highest BCUT2D eigenvalue weighted by atomic mass is 16.6. The Balaban J connectivity index is 1.65. The van der Waals surface area contributed by atoms with Crippen LogP contribution in [0.4, 0.5) is 4.79 Å². The molecule has 8 nitrogen and oxygen atoms in total. The Morgan fingerprint density at radius 2 is 1.72 bits per heavy atom. The summed E-state index contributed by atoms with van der Waals surface area (Å²) in [5, 5.41) is 3.03. The van der Waals surface area contributed by atoms with Crippen LogP contribution in [0.2, 0.25) is 0 Å². The molecule has 0 aromatic rings. The van der Waals surface area contributed by atoms with Gasteiger partial charge < -0.3 is 19.9 Å². The summed E-state index contributed by atoms with van der Waals surface area (Å²) in [6.45, 7) is 13.1. The molecule has 0 bridgehead atoms. The molecule has 0 aromatic heterocycles. The van der Waals surface area contributed by atoms with Crippen molar-refractivity contribution in [1.29, 1.82) is 0 Å². The Morgan fingerprint density at radius 1 is 1.03 bits per heavy atom. The van der Waals surface area contributed by atoms with Gasteiger partial charge in [-0.05, 0) is 40.0 Å². The van der Waals surface area contributed by atoms with Gasteiger partial charge in [0.1, 0.15) is 5.60 Å². The first-order valence-electron chi connectivity index (χ1n) is 11.0. The van der Waals surface area contributed by atoms with Gasteiger partial charge in [0.25, 0.3) is 0 Å². The lowest BCUT2D eigenvalue weighted by Gasteiger charge is -2.35. The molecule has 0 aromatic carbocycles. The van der Waals surface area contributed by atoms with Gasteiger partial charge in [-0.2, -0.15) is 0 Å². The Labute approximate surface area is 174 Å². The van der Waals surface area contributed by atoms with Crippen LogP contribution in [0.3, 0.4) is 0 Å². The van der Waals surface area contributed by atoms with Crippen molar-refractivity contribution in [2.75, 3.05) is 52.4 Å². The summed E-state index contributed by atoms with van der Waals surface area (Å²) in [6.07, 6.45) is 2.87. The Bertz CT molecular complexity index is 568. The van der Waals surface area contributed by atoms with E-state index in [9.17, 15) is 14.4 Å². The molecule has 1 N–H and O–H groups in total. The van der Waals surface area contributed by atoms with Crippen LogP contribution in [0.25, 0.3) is 0 Å². The highest BCUT2D eigenvalue weighted by molar-refractivity contribution is 5.81. The molecule has 166 valence electrons. The van der Waals surface area contributed by atoms with Gasteiger partial charge in [0.05, 0.1) is 5.92 Å². The topological polar surface area (TPSA) is 82.2 Å². The number of likely N-dealkylation sites (tertiary alicyclic amines) is 1. The van der Waals surface area contributed by atoms with Gasteiger partial charge in [0.2, 0.25) is 11.8 Å². The van der Waals surface area contributed by atoms with Crippen molar-refractivity contribution < 1.29 is 19.1 Å². The van der Waals surface area contributed by atoms with Crippen LogP contribution >= 0.6 is 0 Å². The molecule has 1 atom stereocenters. The molecule has 2 heterocycles. The number of carbonyl (C=O) groups excluding carboxylic acids is 3. The van der Waals surface area contributed by atoms with Gasteiger partial charge in [-0.25, -0.2) is 4.79 Å². The lowest BCUT2D eigenvalue weighted by atomic mass is 9.96. The van der Waals surface area contributed by atoms with Crippen molar-refractivity contribution >= 4 is 17.9 Å². The van der Waals surface area contributed by atoms with Crippen molar-refractivity contribution in [1.82, 2.24) is 20.0 Å². The molecular formula is C21H38N4O4. The summed E-state index contributed by atoms with van der Waals surface area (Å²) in [5.74, 6) is 0.104. The fourth-order valence-electron chi connectivity index (χ4n) is 3.75. The van der Waals surface area contributed by atoms with E-state index in [-0.39, 0.29) is 23.8 Å². The van der Waals surface area contributed by atoms with Gasteiger partial charge in [-0.1, -0.05) is 6.92 Å². The van der Waals surface area contributed by atoms with Gasteiger partial charge >= 0.3 is 6.09 Å². The average molecular weight is 411 g/mol. The first-order chi connectivity index (χ1) is 13.7. The second-order valence-corrected chi connectivity index (χ2v) is 9.03. The van der Waals surface area contributed by atoms with Crippen molar-refractivity contribution in [2.24, 2.45) is 5.92 Å². The van der Waals surface area contributed by atoms with Gasteiger partial charge in [-0.3, -0.25) is 14.5 Å². The van der Waals surface area contributed by atoms with E-state index < -0.39 is 5.60 Å². The summed E-state index contributed by atoms with van der Waals surface area (Å²) >= 11 is 0. The van der Waals surface area contributed by atoms with Crippen LogP contribution in [0, 0.1) is 5.92 Å². The lowest BCUT2D eigenvalue weighted by molar-refractivity contribution is -0.135. The molecule has 2 aliphatic heterocycles. The molecule has 1 unspecified atom stereocenters. The number of carbonyl (C=O) groups is 3. The predicted molar refractivity (Wildman–Crippen MR) is 111 cm³/mol. The quantitative estimate of drug-likeness (QED) is 0.721. The number of nitrogens with zero attached hydrogens (tertiary/aromatic N) is 3. The molecule has 2 fully saturated rings. The zero-order chi connectivity index (χ0) is 21.4. The van der Waals surface area contributed by atoms with E-state index in [0.717, 1.165) is 45.4 Å².